The van der Waals surface area contributed by atoms with Crippen LogP contribution >= 0.6 is 0 Å². The summed E-state index contributed by atoms with van der Waals surface area (Å²) in [5.41, 5.74) is -1.10. The summed E-state index contributed by atoms with van der Waals surface area (Å²) in [6, 6.07) is 10.8. The minimum absolute atomic E-state index is 0.104. The molecule has 0 saturated carbocycles. The highest BCUT2D eigenvalue weighted by molar-refractivity contribution is 5.13. The van der Waals surface area contributed by atoms with Gasteiger partial charge in [-0.1, -0.05) is 30.3 Å². The Morgan fingerprint density at radius 1 is 1.29 bits per heavy atom. The predicted molar refractivity (Wildman–Crippen MR) is 85.5 cm³/mol. The molecule has 0 bridgehead atoms. The third-order valence-corrected chi connectivity index (χ3v) is 4.11. The lowest BCUT2D eigenvalue weighted by Gasteiger charge is -2.26. The number of aromatic nitrogens is 2. The van der Waals surface area contributed by atoms with Crippen LogP contribution < -0.4 is 11.2 Å². The minimum atomic E-state index is -1.06. The first-order chi connectivity index (χ1) is 11.6. The monoisotopic (exact) mass is 334 g/mol. The van der Waals surface area contributed by atoms with Crippen LogP contribution in [0.3, 0.4) is 0 Å². The molecule has 0 spiro atoms. The summed E-state index contributed by atoms with van der Waals surface area (Å²) in [6.07, 6.45) is 1.68. The van der Waals surface area contributed by atoms with Crippen LogP contribution in [-0.2, 0) is 16.1 Å². The molecule has 2 heterocycles. The number of halogens is 1. The molecule has 7 heteroatoms. The molecule has 1 saturated heterocycles. The van der Waals surface area contributed by atoms with E-state index >= 15 is 0 Å². The van der Waals surface area contributed by atoms with Gasteiger partial charge in [-0.15, -0.1) is 0 Å². The van der Waals surface area contributed by atoms with E-state index in [0.29, 0.717) is 19.4 Å². The van der Waals surface area contributed by atoms with E-state index in [0.717, 1.165) is 5.56 Å². The van der Waals surface area contributed by atoms with Crippen LogP contribution in [0.1, 0.15) is 24.6 Å². The minimum Gasteiger partial charge on any atom is -0.374 e. The first-order valence-corrected chi connectivity index (χ1v) is 7.79. The first-order valence-electron chi connectivity index (χ1n) is 7.79. The number of hydrogen-bond donors (Lipinski definition) is 1. The lowest BCUT2D eigenvalue weighted by molar-refractivity contribution is -0.125. The van der Waals surface area contributed by atoms with E-state index in [1.165, 1.54) is 16.8 Å². The second kappa shape index (κ2) is 7.11. The molecule has 2 atom stereocenters. The average Bonchev–Trinajstić information content (AvgIpc) is 3.00. The number of nitrogens with one attached hydrogen (secondary N) is 1. The molecular formula is C17H19FN2O4. The van der Waals surface area contributed by atoms with Crippen molar-refractivity contribution in [3.8, 4) is 0 Å². The molecule has 1 N–H and O–H groups in total. The molecule has 1 aliphatic heterocycles. The van der Waals surface area contributed by atoms with Gasteiger partial charge in [0.15, 0.2) is 0 Å². The molecule has 0 unspecified atom stereocenters. The number of hydrogen-bond acceptors (Lipinski definition) is 4. The highest BCUT2D eigenvalue weighted by Gasteiger charge is 2.42. The standard InChI is InChI=1S/C17H19FN2O4/c18-11-17(12-23-10-13-4-2-1-3-5-13)8-6-15(24-17)20-9-7-14(21)19-16(20)22/h1-5,7,9,15H,6,8,10-12H2,(H,19,21,22)/t15-,17+/m0/s1. The largest absolute Gasteiger partial charge is 0.374 e. The van der Waals surface area contributed by atoms with E-state index in [-0.39, 0.29) is 6.61 Å². The molecule has 2 aromatic rings. The number of aromatic amines is 1. The number of H-pyrrole nitrogens is 1. The smallest absolute Gasteiger partial charge is 0.330 e. The van der Waals surface area contributed by atoms with Gasteiger partial charge in [0.25, 0.3) is 5.56 Å². The fraction of sp³-hybridized carbons (Fsp3) is 0.412. The van der Waals surface area contributed by atoms with Crippen molar-refractivity contribution in [1.82, 2.24) is 9.55 Å². The molecule has 1 aromatic heterocycles. The van der Waals surface area contributed by atoms with Crippen molar-refractivity contribution in [2.24, 2.45) is 0 Å². The molecule has 1 aliphatic rings. The van der Waals surface area contributed by atoms with Crippen molar-refractivity contribution in [3.05, 3.63) is 69.0 Å². The molecule has 0 amide bonds. The average molecular weight is 334 g/mol. The van der Waals surface area contributed by atoms with Gasteiger partial charge in [-0.3, -0.25) is 14.3 Å². The third-order valence-electron chi connectivity index (χ3n) is 4.11. The summed E-state index contributed by atoms with van der Waals surface area (Å²) in [7, 11) is 0. The Morgan fingerprint density at radius 2 is 2.08 bits per heavy atom. The molecule has 24 heavy (non-hydrogen) atoms. The molecule has 3 rings (SSSR count). The van der Waals surface area contributed by atoms with Crippen LogP contribution in [0.2, 0.25) is 0 Å². The zero-order valence-electron chi connectivity index (χ0n) is 13.1. The number of alkyl halides is 1. The van der Waals surface area contributed by atoms with Gasteiger partial charge in [-0.2, -0.15) is 0 Å². The molecule has 1 aromatic carbocycles. The van der Waals surface area contributed by atoms with Crippen LogP contribution in [0.5, 0.6) is 0 Å². The van der Waals surface area contributed by atoms with Crippen molar-refractivity contribution in [2.45, 2.75) is 31.3 Å². The topological polar surface area (TPSA) is 73.3 Å². The SMILES string of the molecule is O=c1ccn([C@@H]2CC[C@@](CF)(COCc3ccccc3)O2)c(=O)[nH]1. The van der Waals surface area contributed by atoms with E-state index in [2.05, 4.69) is 4.98 Å². The number of nitrogens with zero attached hydrogens (tertiary/aromatic N) is 1. The Morgan fingerprint density at radius 3 is 2.79 bits per heavy atom. The predicted octanol–water partition coefficient (Wildman–Crippen LogP) is 1.77. The second-order valence-corrected chi connectivity index (χ2v) is 5.92. The van der Waals surface area contributed by atoms with Crippen LogP contribution in [0.25, 0.3) is 0 Å². The fourth-order valence-corrected chi connectivity index (χ4v) is 2.82. The summed E-state index contributed by atoms with van der Waals surface area (Å²) >= 11 is 0. The van der Waals surface area contributed by atoms with Gasteiger partial charge < -0.3 is 9.47 Å². The first kappa shape index (κ1) is 16.6. The van der Waals surface area contributed by atoms with Crippen LogP contribution in [0, 0.1) is 0 Å². The number of ether oxygens (including phenoxy) is 2. The maximum atomic E-state index is 13.6. The van der Waals surface area contributed by atoms with E-state index in [1.807, 2.05) is 30.3 Å². The lowest BCUT2D eigenvalue weighted by Crippen LogP contribution is -2.38. The van der Waals surface area contributed by atoms with Crippen LogP contribution in [0.4, 0.5) is 4.39 Å². The van der Waals surface area contributed by atoms with Crippen molar-refractivity contribution >= 4 is 0 Å². The summed E-state index contributed by atoms with van der Waals surface area (Å²) in [4.78, 5) is 25.1. The Kier molecular flexibility index (Phi) is 4.92. The highest BCUT2D eigenvalue weighted by atomic mass is 19.1. The molecule has 0 radical (unpaired) electrons. The summed E-state index contributed by atoms with van der Waals surface area (Å²) in [5, 5.41) is 0. The zero-order chi connectivity index (χ0) is 17.0. The molecular weight excluding hydrogens is 315 g/mol. The van der Waals surface area contributed by atoms with Crippen LogP contribution in [-0.4, -0.2) is 28.4 Å². The van der Waals surface area contributed by atoms with Gasteiger partial charge in [0.1, 0.15) is 18.5 Å². The lowest BCUT2D eigenvalue weighted by atomic mass is 10.0. The van der Waals surface area contributed by atoms with Gasteiger partial charge in [0.2, 0.25) is 0 Å². The Hall–Kier alpha value is -2.25. The van der Waals surface area contributed by atoms with Crippen molar-refractivity contribution < 1.29 is 13.9 Å². The van der Waals surface area contributed by atoms with Gasteiger partial charge in [0, 0.05) is 12.3 Å². The third kappa shape index (κ3) is 3.63. The maximum Gasteiger partial charge on any atom is 0.330 e. The normalized spacial score (nSPS) is 23.5. The van der Waals surface area contributed by atoms with E-state index in [9.17, 15) is 14.0 Å². The maximum absolute atomic E-state index is 13.6. The van der Waals surface area contributed by atoms with Crippen LogP contribution in [0.15, 0.2) is 52.2 Å². The summed E-state index contributed by atoms with van der Waals surface area (Å²) in [6.45, 7) is -0.224. The Labute approximate surface area is 137 Å². The van der Waals surface area contributed by atoms with Gasteiger partial charge in [-0.05, 0) is 18.4 Å². The molecule has 6 nitrogen and oxygen atoms in total. The Balaban J connectivity index is 1.64. The van der Waals surface area contributed by atoms with Gasteiger partial charge in [0.05, 0.1) is 13.2 Å². The van der Waals surface area contributed by atoms with Crippen molar-refractivity contribution in [2.75, 3.05) is 13.3 Å². The van der Waals surface area contributed by atoms with Crippen molar-refractivity contribution in [3.63, 3.8) is 0 Å². The van der Waals surface area contributed by atoms with E-state index < -0.39 is 29.8 Å². The summed E-state index contributed by atoms with van der Waals surface area (Å²) < 4.78 is 26.3. The zero-order valence-corrected chi connectivity index (χ0v) is 13.1. The molecule has 0 aliphatic carbocycles. The molecule has 1 fully saturated rings. The van der Waals surface area contributed by atoms with E-state index in [1.54, 1.807) is 0 Å². The number of rotatable bonds is 6. The summed E-state index contributed by atoms with van der Waals surface area (Å²) in [5.74, 6) is 0. The second-order valence-electron chi connectivity index (χ2n) is 5.92. The van der Waals surface area contributed by atoms with E-state index in [4.69, 9.17) is 9.47 Å². The Bertz CT molecular complexity index is 789. The molecule has 128 valence electrons. The van der Waals surface area contributed by atoms with Gasteiger partial charge >= 0.3 is 5.69 Å². The van der Waals surface area contributed by atoms with Gasteiger partial charge in [-0.25, -0.2) is 9.18 Å². The quantitative estimate of drug-likeness (QED) is 0.874. The number of benzene rings is 1. The van der Waals surface area contributed by atoms with Crippen molar-refractivity contribution in [1.29, 1.82) is 0 Å². The fourth-order valence-electron chi connectivity index (χ4n) is 2.82. The highest BCUT2D eigenvalue weighted by Crippen LogP contribution is 2.36.